The standard InChI is InChI=1S/C24H32F3N3O4S/c1-6-20(31)28-19-15-22(2,3)30(23(19,4)5)35(33,34)18-10-12-29(13-11-18)21(32)16-8-7-9-17(14-16)24(25,26)27/h6-9,14,18-19H,1,10-13,15H2,2-5H3,(H,28,31). The van der Waals surface area contributed by atoms with E-state index in [1.807, 2.05) is 13.8 Å². The smallest absolute Gasteiger partial charge is 0.348 e. The zero-order valence-electron chi connectivity index (χ0n) is 20.4. The first-order chi connectivity index (χ1) is 16.0. The van der Waals surface area contributed by atoms with Crippen LogP contribution in [0.15, 0.2) is 36.9 Å². The monoisotopic (exact) mass is 515 g/mol. The van der Waals surface area contributed by atoms with Gasteiger partial charge in [0.05, 0.1) is 16.4 Å². The van der Waals surface area contributed by atoms with Gasteiger partial charge in [0.25, 0.3) is 5.91 Å². The summed E-state index contributed by atoms with van der Waals surface area (Å²) in [6.45, 7) is 10.9. The third kappa shape index (κ3) is 5.25. The zero-order chi connectivity index (χ0) is 26.4. The minimum Gasteiger partial charge on any atom is -0.348 e. The van der Waals surface area contributed by atoms with Crippen LogP contribution in [0.4, 0.5) is 13.2 Å². The SMILES string of the molecule is C=CC(=O)NC1CC(C)(C)N(S(=O)(=O)C2CCN(C(=O)c3cccc(C(F)(F)F)c3)CC2)C1(C)C. The molecule has 2 heterocycles. The highest BCUT2D eigenvalue weighted by molar-refractivity contribution is 7.89. The Morgan fingerprint density at radius 3 is 2.29 bits per heavy atom. The Kier molecular flexibility index (Phi) is 7.18. The number of nitrogens with one attached hydrogen (secondary N) is 1. The second kappa shape index (κ2) is 9.24. The third-order valence-electron chi connectivity index (χ3n) is 6.97. The van der Waals surface area contributed by atoms with Gasteiger partial charge in [-0.3, -0.25) is 9.59 Å². The molecule has 7 nitrogen and oxygen atoms in total. The second-order valence-electron chi connectivity index (χ2n) is 10.3. The average molecular weight is 516 g/mol. The van der Waals surface area contributed by atoms with E-state index in [-0.39, 0.29) is 37.4 Å². The number of halogens is 3. The van der Waals surface area contributed by atoms with Crippen molar-refractivity contribution in [1.29, 1.82) is 0 Å². The highest BCUT2D eigenvalue weighted by Gasteiger charge is 2.58. The van der Waals surface area contributed by atoms with Crippen molar-refractivity contribution in [1.82, 2.24) is 14.5 Å². The number of rotatable bonds is 5. The Bertz CT molecular complexity index is 1110. The van der Waals surface area contributed by atoms with Gasteiger partial charge in [-0.15, -0.1) is 0 Å². The Morgan fingerprint density at radius 2 is 1.74 bits per heavy atom. The van der Waals surface area contributed by atoms with E-state index in [4.69, 9.17) is 0 Å². The topological polar surface area (TPSA) is 86.8 Å². The molecule has 2 fully saturated rings. The van der Waals surface area contributed by atoms with Crippen molar-refractivity contribution >= 4 is 21.8 Å². The summed E-state index contributed by atoms with van der Waals surface area (Å²) >= 11 is 0. The second-order valence-corrected chi connectivity index (χ2v) is 12.4. The van der Waals surface area contributed by atoms with Gasteiger partial charge in [0.15, 0.2) is 0 Å². The Hall–Kier alpha value is -2.40. The molecule has 2 aliphatic heterocycles. The number of nitrogens with zero attached hydrogens (tertiary/aromatic N) is 2. The van der Waals surface area contributed by atoms with Crippen LogP contribution >= 0.6 is 0 Å². The fraction of sp³-hybridized carbons (Fsp3) is 0.583. The molecule has 0 radical (unpaired) electrons. The number of alkyl halides is 3. The molecule has 1 aromatic rings. The molecule has 1 N–H and O–H groups in total. The molecule has 0 saturated carbocycles. The van der Waals surface area contributed by atoms with Crippen molar-refractivity contribution in [2.24, 2.45) is 0 Å². The van der Waals surface area contributed by atoms with E-state index in [2.05, 4.69) is 11.9 Å². The first-order valence-electron chi connectivity index (χ1n) is 11.5. The number of hydrogen-bond acceptors (Lipinski definition) is 4. The molecule has 3 rings (SSSR count). The number of piperidine rings is 1. The summed E-state index contributed by atoms with van der Waals surface area (Å²) in [5.41, 5.74) is -2.64. The van der Waals surface area contributed by atoms with E-state index in [0.717, 1.165) is 18.2 Å². The lowest BCUT2D eigenvalue weighted by atomic mass is 9.94. The summed E-state index contributed by atoms with van der Waals surface area (Å²) in [7, 11) is -3.82. The molecule has 2 amide bonds. The highest BCUT2D eigenvalue weighted by atomic mass is 32.2. The van der Waals surface area contributed by atoms with E-state index < -0.39 is 50.0 Å². The number of hydrogen-bond donors (Lipinski definition) is 1. The van der Waals surface area contributed by atoms with Gasteiger partial charge < -0.3 is 10.2 Å². The lowest BCUT2D eigenvalue weighted by molar-refractivity contribution is -0.137. The van der Waals surface area contributed by atoms with Crippen LogP contribution in [0.3, 0.4) is 0 Å². The van der Waals surface area contributed by atoms with Crippen LogP contribution in [-0.2, 0) is 21.0 Å². The van der Waals surface area contributed by atoms with Crippen LogP contribution in [-0.4, -0.2) is 64.9 Å². The van der Waals surface area contributed by atoms with E-state index in [0.29, 0.717) is 6.42 Å². The van der Waals surface area contributed by atoms with Gasteiger partial charge >= 0.3 is 6.18 Å². The van der Waals surface area contributed by atoms with Crippen molar-refractivity contribution in [3.63, 3.8) is 0 Å². The predicted molar refractivity (Wildman–Crippen MR) is 126 cm³/mol. The lowest BCUT2D eigenvalue weighted by Gasteiger charge is -2.43. The predicted octanol–water partition coefficient (Wildman–Crippen LogP) is 3.57. The Balaban J connectivity index is 1.76. The maximum atomic E-state index is 13.8. The molecule has 0 spiro atoms. The number of carbonyl (C=O) groups is 2. The summed E-state index contributed by atoms with van der Waals surface area (Å²) in [4.78, 5) is 26.1. The van der Waals surface area contributed by atoms with E-state index >= 15 is 0 Å². The van der Waals surface area contributed by atoms with Gasteiger partial charge in [0, 0.05) is 30.2 Å². The molecule has 194 valence electrons. The maximum absolute atomic E-state index is 13.8. The van der Waals surface area contributed by atoms with Gasteiger partial charge in [0.2, 0.25) is 15.9 Å². The van der Waals surface area contributed by atoms with Gasteiger partial charge in [-0.1, -0.05) is 12.6 Å². The molecule has 1 unspecified atom stereocenters. The van der Waals surface area contributed by atoms with Gasteiger partial charge in [-0.05, 0) is 71.2 Å². The summed E-state index contributed by atoms with van der Waals surface area (Å²) < 4.78 is 68.1. The molecule has 2 saturated heterocycles. The quantitative estimate of drug-likeness (QED) is 0.608. The van der Waals surface area contributed by atoms with Gasteiger partial charge in [-0.25, -0.2) is 8.42 Å². The number of likely N-dealkylation sites (tertiary alicyclic amines) is 1. The molecule has 0 bridgehead atoms. The van der Waals surface area contributed by atoms with Gasteiger partial charge in [0.1, 0.15) is 0 Å². The molecule has 11 heteroatoms. The van der Waals surface area contributed by atoms with E-state index in [9.17, 15) is 31.2 Å². The van der Waals surface area contributed by atoms with Crippen LogP contribution in [0.1, 0.15) is 62.9 Å². The molecule has 2 aliphatic rings. The Labute approximate surface area is 204 Å². The summed E-state index contributed by atoms with van der Waals surface area (Å²) in [5.74, 6) is -0.930. The molecular weight excluding hydrogens is 483 g/mol. The van der Waals surface area contributed by atoms with Crippen LogP contribution in [0.5, 0.6) is 0 Å². The first-order valence-corrected chi connectivity index (χ1v) is 13.0. The fourth-order valence-corrected chi connectivity index (χ4v) is 8.05. The number of carbonyl (C=O) groups excluding carboxylic acids is 2. The van der Waals surface area contributed by atoms with Crippen LogP contribution in [0.2, 0.25) is 0 Å². The fourth-order valence-electron chi connectivity index (χ4n) is 5.40. The van der Waals surface area contributed by atoms with Crippen molar-refractivity contribution in [2.45, 2.75) is 75.5 Å². The highest BCUT2D eigenvalue weighted by Crippen LogP contribution is 2.45. The summed E-state index contributed by atoms with van der Waals surface area (Å²) in [6, 6.07) is 3.82. The summed E-state index contributed by atoms with van der Waals surface area (Å²) in [6.07, 6.45) is -2.66. The number of amides is 2. The molecule has 1 atom stereocenters. The minimum absolute atomic E-state index is 0.0799. The number of benzene rings is 1. The van der Waals surface area contributed by atoms with Crippen LogP contribution < -0.4 is 5.32 Å². The average Bonchev–Trinajstić information content (AvgIpc) is 2.95. The van der Waals surface area contributed by atoms with E-state index in [1.54, 1.807) is 13.8 Å². The minimum atomic E-state index is -4.56. The molecule has 0 aromatic heterocycles. The Morgan fingerprint density at radius 1 is 1.14 bits per heavy atom. The van der Waals surface area contributed by atoms with Crippen LogP contribution in [0.25, 0.3) is 0 Å². The zero-order valence-corrected chi connectivity index (χ0v) is 21.2. The van der Waals surface area contributed by atoms with Crippen molar-refractivity contribution in [2.75, 3.05) is 13.1 Å². The maximum Gasteiger partial charge on any atom is 0.416 e. The van der Waals surface area contributed by atoms with Crippen molar-refractivity contribution in [3.8, 4) is 0 Å². The molecule has 35 heavy (non-hydrogen) atoms. The van der Waals surface area contributed by atoms with Crippen LogP contribution in [0, 0.1) is 0 Å². The number of sulfonamides is 1. The lowest BCUT2D eigenvalue weighted by Crippen LogP contribution is -2.59. The first kappa shape index (κ1) is 27.2. The third-order valence-corrected chi connectivity index (χ3v) is 9.76. The van der Waals surface area contributed by atoms with Crippen molar-refractivity contribution in [3.05, 3.63) is 48.0 Å². The normalized spacial score (nSPS) is 23.2. The van der Waals surface area contributed by atoms with E-state index in [1.165, 1.54) is 21.3 Å². The largest absolute Gasteiger partial charge is 0.416 e. The summed E-state index contributed by atoms with van der Waals surface area (Å²) in [5, 5.41) is 2.09. The van der Waals surface area contributed by atoms with Crippen molar-refractivity contribution < 1.29 is 31.2 Å². The molecule has 0 aliphatic carbocycles. The molecule has 1 aromatic carbocycles. The molecular formula is C24H32F3N3O4S. The van der Waals surface area contributed by atoms with Gasteiger partial charge in [-0.2, -0.15) is 17.5 Å².